The third-order valence-electron chi connectivity index (χ3n) is 5.86. The van der Waals surface area contributed by atoms with Gasteiger partial charge in [-0.05, 0) is 57.0 Å². The molecule has 1 N–H and O–H groups in total. The van der Waals surface area contributed by atoms with Crippen LogP contribution in [0.5, 0.6) is 0 Å². The molecule has 1 aliphatic carbocycles. The van der Waals surface area contributed by atoms with Gasteiger partial charge < -0.3 is 10.2 Å². The first kappa shape index (κ1) is 20.1. The molecule has 0 unspecified atom stereocenters. The van der Waals surface area contributed by atoms with Gasteiger partial charge in [-0.1, -0.05) is 31.0 Å². The van der Waals surface area contributed by atoms with E-state index in [9.17, 15) is 9.59 Å². The Morgan fingerprint density at radius 2 is 1.80 bits per heavy atom. The summed E-state index contributed by atoms with van der Waals surface area (Å²) in [6.45, 7) is 5.54. The second kappa shape index (κ2) is 8.69. The number of rotatable bonds is 6. The fourth-order valence-corrected chi connectivity index (χ4v) is 4.18. The number of hydrogen-bond acceptors (Lipinski definition) is 4. The molecule has 1 aromatic heterocycles. The highest BCUT2D eigenvalue weighted by molar-refractivity contribution is 5.98. The van der Waals surface area contributed by atoms with Crippen LogP contribution >= 0.6 is 0 Å². The van der Waals surface area contributed by atoms with Crippen molar-refractivity contribution in [1.29, 1.82) is 0 Å². The van der Waals surface area contributed by atoms with Crippen molar-refractivity contribution in [3.8, 4) is 5.69 Å². The van der Waals surface area contributed by atoms with Crippen molar-refractivity contribution in [2.75, 3.05) is 18.0 Å². The first-order valence-electron chi connectivity index (χ1n) is 10.8. The summed E-state index contributed by atoms with van der Waals surface area (Å²) in [6, 6.07) is 15.0. The van der Waals surface area contributed by atoms with Crippen molar-refractivity contribution in [2.24, 2.45) is 0 Å². The predicted octanol–water partition coefficient (Wildman–Crippen LogP) is 3.90. The molecule has 1 aliphatic rings. The Labute approximate surface area is 176 Å². The largest absolute Gasteiger partial charge is 0.349 e. The Balaban J connectivity index is 1.83. The minimum Gasteiger partial charge on any atom is -0.349 e. The zero-order chi connectivity index (χ0) is 21.1. The Morgan fingerprint density at radius 1 is 1.10 bits per heavy atom. The normalized spacial score (nSPS) is 14.2. The number of anilines is 1. The molecule has 4 rings (SSSR count). The number of nitrogens with zero attached hydrogens (tertiary/aromatic N) is 3. The molecule has 1 fully saturated rings. The second-order valence-electron chi connectivity index (χ2n) is 7.75. The summed E-state index contributed by atoms with van der Waals surface area (Å²) in [7, 11) is 0. The van der Waals surface area contributed by atoms with Crippen LogP contribution in [0.4, 0.5) is 5.95 Å². The summed E-state index contributed by atoms with van der Waals surface area (Å²) >= 11 is 0. The van der Waals surface area contributed by atoms with E-state index in [1.807, 2.05) is 44.2 Å². The number of carbonyl (C=O) groups excluding carboxylic acids is 1. The molecule has 156 valence electrons. The van der Waals surface area contributed by atoms with Gasteiger partial charge in [-0.2, -0.15) is 0 Å². The second-order valence-corrected chi connectivity index (χ2v) is 7.75. The van der Waals surface area contributed by atoms with E-state index in [0.29, 0.717) is 22.4 Å². The van der Waals surface area contributed by atoms with E-state index in [4.69, 9.17) is 4.98 Å². The number of nitrogens with one attached hydrogen (secondary N) is 1. The highest BCUT2D eigenvalue weighted by atomic mass is 16.1. The van der Waals surface area contributed by atoms with E-state index >= 15 is 0 Å². The molecule has 2 aromatic carbocycles. The highest BCUT2D eigenvalue weighted by Gasteiger charge is 2.20. The first-order valence-corrected chi connectivity index (χ1v) is 10.8. The van der Waals surface area contributed by atoms with Gasteiger partial charge in [-0.3, -0.25) is 9.59 Å². The molecule has 1 heterocycles. The maximum Gasteiger partial charge on any atom is 0.267 e. The van der Waals surface area contributed by atoms with Crippen LogP contribution in [0.1, 0.15) is 49.9 Å². The topological polar surface area (TPSA) is 67.2 Å². The van der Waals surface area contributed by atoms with Crippen LogP contribution in [0, 0.1) is 0 Å². The lowest BCUT2D eigenvalue weighted by Gasteiger charge is -2.24. The Bertz CT molecular complexity index is 1100. The quantitative estimate of drug-likeness (QED) is 0.677. The average molecular weight is 405 g/mol. The molecule has 0 aliphatic heterocycles. The minimum absolute atomic E-state index is 0.0952. The van der Waals surface area contributed by atoms with Gasteiger partial charge in [0.05, 0.1) is 16.6 Å². The van der Waals surface area contributed by atoms with Gasteiger partial charge in [-0.15, -0.1) is 0 Å². The van der Waals surface area contributed by atoms with E-state index in [1.54, 1.807) is 22.8 Å². The van der Waals surface area contributed by atoms with Crippen molar-refractivity contribution < 1.29 is 4.79 Å². The molecule has 6 heteroatoms. The van der Waals surface area contributed by atoms with Crippen molar-refractivity contribution in [2.45, 2.75) is 45.6 Å². The lowest BCUT2D eigenvalue weighted by Crippen LogP contribution is -2.33. The van der Waals surface area contributed by atoms with E-state index < -0.39 is 0 Å². The van der Waals surface area contributed by atoms with Crippen molar-refractivity contribution in [1.82, 2.24) is 14.9 Å². The Morgan fingerprint density at radius 3 is 2.47 bits per heavy atom. The Kier molecular flexibility index (Phi) is 5.84. The summed E-state index contributed by atoms with van der Waals surface area (Å²) in [5.41, 5.74) is 1.75. The summed E-state index contributed by atoms with van der Waals surface area (Å²) in [6.07, 6.45) is 4.39. The molecule has 0 spiro atoms. The summed E-state index contributed by atoms with van der Waals surface area (Å²) in [5.74, 6) is 0.499. The molecule has 1 saturated carbocycles. The number of para-hydroxylation sites is 1. The van der Waals surface area contributed by atoms with Crippen LogP contribution in [0.3, 0.4) is 0 Å². The van der Waals surface area contributed by atoms with Crippen molar-refractivity contribution >= 4 is 22.8 Å². The lowest BCUT2D eigenvalue weighted by molar-refractivity contribution is 0.0938. The number of hydrogen-bond donors (Lipinski definition) is 1. The van der Waals surface area contributed by atoms with Gasteiger partial charge in [0, 0.05) is 24.7 Å². The maximum absolute atomic E-state index is 13.4. The minimum atomic E-state index is -0.129. The molecule has 0 bridgehead atoms. The van der Waals surface area contributed by atoms with Crippen LogP contribution < -0.4 is 15.8 Å². The molecule has 6 nitrogen and oxygen atoms in total. The smallest absolute Gasteiger partial charge is 0.267 e. The zero-order valence-electron chi connectivity index (χ0n) is 17.6. The van der Waals surface area contributed by atoms with E-state index in [1.165, 1.54) is 0 Å². The third kappa shape index (κ3) is 3.82. The van der Waals surface area contributed by atoms with E-state index in [-0.39, 0.29) is 17.5 Å². The van der Waals surface area contributed by atoms with Gasteiger partial charge in [0.25, 0.3) is 11.5 Å². The van der Waals surface area contributed by atoms with Gasteiger partial charge in [-0.25, -0.2) is 9.55 Å². The van der Waals surface area contributed by atoms with Crippen LogP contribution in [0.15, 0.2) is 53.3 Å². The molecular formula is C24H28N4O2. The summed E-state index contributed by atoms with van der Waals surface area (Å²) < 4.78 is 1.66. The van der Waals surface area contributed by atoms with Crippen LogP contribution in [-0.2, 0) is 0 Å². The van der Waals surface area contributed by atoms with Crippen molar-refractivity contribution in [3.05, 3.63) is 64.4 Å². The molecule has 1 amide bonds. The number of aromatic nitrogens is 2. The molecule has 30 heavy (non-hydrogen) atoms. The van der Waals surface area contributed by atoms with Crippen molar-refractivity contribution in [3.63, 3.8) is 0 Å². The fourth-order valence-electron chi connectivity index (χ4n) is 4.18. The summed E-state index contributed by atoms with van der Waals surface area (Å²) in [5, 5.41) is 3.62. The molecule has 3 aromatic rings. The van der Waals surface area contributed by atoms with Gasteiger partial charge >= 0.3 is 0 Å². The van der Waals surface area contributed by atoms with E-state index in [2.05, 4.69) is 10.2 Å². The van der Waals surface area contributed by atoms with Crippen LogP contribution in [0.25, 0.3) is 16.6 Å². The first-order chi connectivity index (χ1) is 14.6. The Hall–Kier alpha value is -3.15. The van der Waals surface area contributed by atoms with Crippen LogP contribution in [-0.4, -0.2) is 34.6 Å². The number of amides is 1. The number of benzene rings is 2. The van der Waals surface area contributed by atoms with Gasteiger partial charge in [0.1, 0.15) is 0 Å². The average Bonchev–Trinajstić information content (AvgIpc) is 3.28. The van der Waals surface area contributed by atoms with Gasteiger partial charge in [0.2, 0.25) is 5.95 Å². The molecule has 0 saturated heterocycles. The predicted molar refractivity (Wildman–Crippen MR) is 121 cm³/mol. The fraction of sp³-hybridized carbons (Fsp3) is 0.375. The van der Waals surface area contributed by atoms with Gasteiger partial charge in [0.15, 0.2) is 0 Å². The zero-order valence-corrected chi connectivity index (χ0v) is 17.6. The molecule has 0 radical (unpaired) electrons. The van der Waals surface area contributed by atoms with E-state index in [0.717, 1.165) is 44.5 Å². The monoisotopic (exact) mass is 404 g/mol. The number of carbonyl (C=O) groups is 1. The SMILES string of the molecule is CCN(CC)c1nc2cc(C(=O)NC3CCCC3)ccc2c(=O)n1-c1ccccc1. The summed E-state index contributed by atoms with van der Waals surface area (Å²) in [4.78, 5) is 33.1. The number of fused-ring (bicyclic) bond motifs is 1. The lowest BCUT2D eigenvalue weighted by atomic mass is 10.1. The third-order valence-corrected chi connectivity index (χ3v) is 5.86. The maximum atomic E-state index is 13.4. The molecular weight excluding hydrogens is 376 g/mol. The molecule has 0 atom stereocenters. The van der Waals surface area contributed by atoms with Crippen LogP contribution in [0.2, 0.25) is 0 Å². The standard InChI is InChI=1S/C24H28N4O2/c1-3-27(4-2)24-26-21-16-17(22(29)25-18-10-8-9-11-18)14-15-20(21)23(30)28(24)19-12-6-5-7-13-19/h5-7,12-16,18H,3-4,8-11H2,1-2H3,(H,25,29). The highest BCUT2D eigenvalue weighted by Crippen LogP contribution is 2.21.